The fourth-order valence-electron chi connectivity index (χ4n) is 1.32. The van der Waals surface area contributed by atoms with Gasteiger partial charge in [0.05, 0.1) is 0 Å². The van der Waals surface area contributed by atoms with Crippen LogP contribution in [-0.2, 0) is 16.1 Å². The molecule has 1 aromatic carbocycles. The molecule has 1 saturated heterocycles. The number of carbonyl (C=O) groups is 1. The molecule has 3 nitrogen and oxygen atoms in total. The predicted molar refractivity (Wildman–Crippen MR) is 52.6 cm³/mol. The Balaban J connectivity index is 1.80. The van der Waals surface area contributed by atoms with E-state index in [-0.39, 0.29) is 18.1 Å². The zero-order valence-electron chi connectivity index (χ0n) is 8.07. The first kappa shape index (κ1) is 9.21. The summed E-state index contributed by atoms with van der Waals surface area (Å²) < 4.78 is 5.12. The molecule has 1 fully saturated rings. The van der Waals surface area contributed by atoms with Gasteiger partial charge in [-0.05, 0) is 12.5 Å². The average Bonchev–Trinajstić information content (AvgIpc) is 2.94. The van der Waals surface area contributed by atoms with Crippen molar-refractivity contribution in [2.45, 2.75) is 25.6 Å². The monoisotopic (exact) mass is 191 g/mol. The molecular formula is C11H13NO2. The van der Waals surface area contributed by atoms with Crippen LogP contribution in [0.1, 0.15) is 12.5 Å². The Morgan fingerprint density at radius 1 is 1.43 bits per heavy atom. The van der Waals surface area contributed by atoms with Crippen molar-refractivity contribution in [2.24, 2.45) is 0 Å². The average molecular weight is 191 g/mol. The number of esters is 1. The third kappa shape index (κ3) is 2.12. The minimum atomic E-state index is -0.152. The van der Waals surface area contributed by atoms with Gasteiger partial charge in [-0.25, -0.2) is 0 Å². The second-order valence-electron chi connectivity index (χ2n) is 3.53. The number of ether oxygens (including phenoxy) is 1. The maximum Gasteiger partial charge on any atom is 0.325 e. The summed E-state index contributed by atoms with van der Waals surface area (Å²) in [7, 11) is 0. The Labute approximate surface area is 83.1 Å². The van der Waals surface area contributed by atoms with Crippen LogP contribution in [-0.4, -0.2) is 18.1 Å². The molecule has 1 N–H and O–H groups in total. The first-order chi connectivity index (χ1) is 6.77. The predicted octanol–water partition coefficient (Wildman–Crippen LogP) is 1.09. The standard InChI is InChI=1S/C11H13NO2/c1-8-10(12-8)11(13)14-7-9-5-3-2-4-6-9/h2-6,8,10,12H,7H2,1H3/t8?,10-/m0/s1. The zero-order chi connectivity index (χ0) is 9.97. The lowest BCUT2D eigenvalue weighted by molar-refractivity contribution is -0.144. The third-order valence-corrected chi connectivity index (χ3v) is 2.31. The molecule has 14 heavy (non-hydrogen) atoms. The number of benzene rings is 1. The molecule has 0 aliphatic carbocycles. The van der Waals surface area contributed by atoms with Crippen LogP contribution in [0, 0.1) is 0 Å². The Morgan fingerprint density at radius 3 is 2.64 bits per heavy atom. The van der Waals surface area contributed by atoms with Gasteiger partial charge in [-0.3, -0.25) is 10.1 Å². The van der Waals surface area contributed by atoms with Crippen LogP contribution < -0.4 is 5.32 Å². The second kappa shape index (κ2) is 3.80. The smallest absolute Gasteiger partial charge is 0.325 e. The summed E-state index contributed by atoms with van der Waals surface area (Å²) in [6.45, 7) is 2.33. The third-order valence-electron chi connectivity index (χ3n) is 2.31. The molecule has 0 saturated carbocycles. The molecule has 0 amide bonds. The molecule has 3 heteroatoms. The van der Waals surface area contributed by atoms with Crippen molar-refractivity contribution in [3.05, 3.63) is 35.9 Å². The highest BCUT2D eigenvalue weighted by Gasteiger charge is 2.39. The minimum Gasteiger partial charge on any atom is -0.460 e. The van der Waals surface area contributed by atoms with Crippen LogP contribution in [0.25, 0.3) is 0 Å². The maximum atomic E-state index is 11.3. The van der Waals surface area contributed by atoms with E-state index in [1.165, 1.54) is 0 Å². The van der Waals surface area contributed by atoms with Crippen molar-refractivity contribution in [2.75, 3.05) is 0 Å². The molecule has 0 aromatic heterocycles. The van der Waals surface area contributed by atoms with Gasteiger partial charge in [0.2, 0.25) is 0 Å². The SMILES string of the molecule is CC1N[C@@H]1C(=O)OCc1ccccc1. The molecule has 1 aliphatic heterocycles. The second-order valence-corrected chi connectivity index (χ2v) is 3.53. The first-order valence-corrected chi connectivity index (χ1v) is 4.74. The summed E-state index contributed by atoms with van der Waals surface area (Å²) in [4.78, 5) is 11.3. The number of carbonyl (C=O) groups excluding carboxylic acids is 1. The van der Waals surface area contributed by atoms with E-state index in [0.717, 1.165) is 5.56 Å². The molecular weight excluding hydrogens is 178 g/mol. The normalized spacial score (nSPS) is 24.4. The lowest BCUT2D eigenvalue weighted by atomic mass is 10.2. The van der Waals surface area contributed by atoms with E-state index in [1.807, 2.05) is 37.3 Å². The van der Waals surface area contributed by atoms with Crippen molar-refractivity contribution in [1.82, 2.24) is 5.32 Å². The summed E-state index contributed by atoms with van der Waals surface area (Å²) in [5.41, 5.74) is 1.02. The van der Waals surface area contributed by atoms with E-state index < -0.39 is 0 Å². The van der Waals surface area contributed by atoms with Crippen LogP contribution in [0.2, 0.25) is 0 Å². The largest absolute Gasteiger partial charge is 0.460 e. The highest BCUT2D eigenvalue weighted by Crippen LogP contribution is 2.12. The molecule has 2 atom stereocenters. The van der Waals surface area contributed by atoms with E-state index in [0.29, 0.717) is 6.61 Å². The van der Waals surface area contributed by atoms with Crippen molar-refractivity contribution in [3.8, 4) is 0 Å². The van der Waals surface area contributed by atoms with Crippen LogP contribution in [0.4, 0.5) is 0 Å². The lowest BCUT2D eigenvalue weighted by Crippen LogP contribution is -2.14. The quantitative estimate of drug-likeness (QED) is 0.574. The zero-order valence-corrected chi connectivity index (χ0v) is 8.07. The molecule has 74 valence electrons. The summed E-state index contributed by atoms with van der Waals surface area (Å²) in [5.74, 6) is -0.152. The Morgan fingerprint density at radius 2 is 2.07 bits per heavy atom. The molecule has 0 radical (unpaired) electrons. The summed E-state index contributed by atoms with van der Waals surface area (Å²) in [5, 5.41) is 2.99. The van der Waals surface area contributed by atoms with Gasteiger partial charge in [-0.1, -0.05) is 30.3 Å². The van der Waals surface area contributed by atoms with Crippen molar-refractivity contribution in [1.29, 1.82) is 0 Å². The van der Waals surface area contributed by atoms with Gasteiger partial charge in [0, 0.05) is 6.04 Å². The maximum absolute atomic E-state index is 11.3. The van der Waals surface area contributed by atoms with Gasteiger partial charge in [0.25, 0.3) is 0 Å². The highest BCUT2D eigenvalue weighted by atomic mass is 16.5. The van der Waals surface area contributed by atoms with Crippen molar-refractivity contribution >= 4 is 5.97 Å². The van der Waals surface area contributed by atoms with Gasteiger partial charge in [0.1, 0.15) is 12.6 Å². The Hall–Kier alpha value is -1.35. The van der Waals surface area contributed by atoms with E-state index in [9.17, 15) is 4.79 Å². The van der Waals surface area contributed by atoms with Crippen LogP contribution in [0.3, 0.4) is 0 Å². The van der Waals surface area contributed by atoms with Crippen LogP contribution in [0.15, 0.2) is 30.3 Å². The summed E-state index contributed by atoms with van der Waals surface area (Å²) in [6.07, 6.45) is 0. The van der Waals surface area contributed by atoms with E-state index in [4.69, 9.17) is 4.74 Å². The molecule has 1 heterocycles. The molecule has 2 rings (SSSR count). The summed E-state index contributed by atoms with van der Waals surface area (Å²) in [6, 6.07) is 9.88. The molecule has 0 bridgehead atoms. The molecule has 1 aromatic rings. The number of hydrogen-bond acceptors (Lipinski definition) is 3. The lowest BCUT2D eigenvalue weighted by Gasteiger charge is -2.02. The molecule has 0 spiro atoms. The number of rotatable bonds is 3. The van der Waals surface area contributed by atoms with E-state index in [1.54, 1.807) is 0 Å². The fourth-order valence-corrected chi connectivity index (χ4v) is 1.32. The summed E-state index contributed by atoms with van der Waals surface area (Å²) >= 11 is 0. The van der Waals surface area contributed by atoms with Crippen molar-refractivity contribution < 1.29 is 9.53 Å². The minimum absolute atomic E-state index is 0.0845. The molecule has 1 unspecified atom stereocenters. The topological polar surface area (TPSA) is 48.2 Å². The first-order valence-electron chi connectivity index (χ1n) is 4.74. The van der Waals surface area contributed by atoms with Crippen molar-refractivity contribution in [3.63, 3.8) is 0 Å². The Kier molecular flexibility index (Phi) is 2.50. The molecule has 1 aliphatic rings. The van der Waals surface area contributed by atoms with Gasteiger partial charge < -0.3 is 4.74 Å². The number of nitrogens with one attached hydrogen (secondary N) is 1. The van der Waals surface area contributed by atoms with Crippen LogP contribution in [0.5, 0.6) is 0 Å². The van der Waals surface area contributed by atoms with E-state index >= 15 is 0 Å². The van der Waals surface area contributed by atoms with Gasteiger partial charge in [-0.15, -0.1) is 0 Å². The van der Waals surface area contributed by atoms with E-state index in [2.05, 4.69) is 5.32 Å². The van der Waals surface area contributed by atoms with Gasteiger partial charge >= 0.3 is 5.97 Å². The van der Waals surface area contributed by atoms with Gasteiger partial charge in [-0.2, -0.15) is 0 Å². The van der Waals surface area contributed by atoms with Crippen LogP contribution >= 0.6 is 0 Å². The number of hydrogen-bond donors (Lipinski definition) is 1. The van der Waals surface area contributed by atoms with Gasteiger partial charge in [0.15, 0.2) is 0 Å². The Bertz CT molecular complexity index is 323. The highest BCUT2D eigenvalue weighted by molar-refractivity contribution is 5.80. The fraction of sp³-hybridized carbons (Fsp3) is 0.364.